The van der Waals surface area contributed by atoms with Crippen LogP contribution in [0.25, 0.3) is 0 Å². The SMILES string of the molecule is Cc1cc(F)cc(C(NN)C(F)(F)F)c1. The van der Waals surface area contributed by atoms with Crippen molar-refractivity contribution in [3.8, 4) is 0 Å². The molecular formula is C9H10F4N2. The monoisotopic (exact) mass is 222 g/mol. The normalized spacial score (nSPS) is 14.0. The molecule has 15 heavy (non-hydrogen) atoms. The number of benzene rings is 1. The third-order valence-electron chi connectivity index (χ3n) is 1.89. The topological polar surface area (TPSA) is 38.0 Å². The molecule has 0 saturated carbocycles. The van der Waals surface area contributed by atoms with Crippen LogP contribution >= 0.6 is 0 Å². The van der Waals surface area contributed by atoms with Crippen molar-refractivity contribution in [2.75, 3.05) is 0 Å². The Hall–Kier alpha value is -1.14. The molecule has 0 bridgehead atoms. The van der Waals surface area contributed by atoms with Gasteiger partial charge in [0.05, 0.1) is 0 Å². The maximum Gasteiger partial charge on any atom is 0.409 e. The number of aryl methyl sites for hydroxylation is 1. The van der Waals surface area contributed by atoms with Gasteiger partial charge in [-0.15, -0.1) is 0 Å². The Morgan fingerprint density at radius 1 is 1.27 bits per heavy atom. The summed E-state index contributed by atoms with van der Waals surface area (Å²) in [5.41, 5.74) is 1.80. The van der Waals surface area contributed by atoms with Crippen LogP contribution in [-0.4, -0.2) is 6.18 Å². The van der Waals surface area contributed by atoms with Gasteiger partial charge in [-0.1, -0.05) is 6.07 Å². The van der Waals surface area contributed by atoms with Crippen molar-refractivity contribution < 1.29 is 17.6 Å². The summed E-state index contributed by atoms with van der Waals surface area (Å²) in [5, 5.41) is 0. The molecule has 0 radical (unpaired) electrons. The fourth-order valence-corrected chi connectivity index (χ4v) is 1.31. The Kier molecular flexibility index (Phi) is 3.31. The molecule has 0 aliphatic rings. The number of hydrogen-bond acceptors (Lipinski definition) is 2. The van der Waals surface area contributed by atoms with Crippen LogP contribution < -0.4 is 11.3 Å². The average molecular weight is 222 g/mol. The van der Waals surface area contributed by atoms with Crippen LogP contribution in [0.4, 0.5) is 17.6 Å². The zero-order valence-corrected chi connectivity index (χ0v) is 7.90. The number of rotatable bonds is 2. The molecule has 0 saturated heterocycles. The second-order valence-corrected chi connectivity index (χ2v) is 3.20. The molecule has 0 aromatic heterocycles. The van der Waals surface area contributed by atoms with Crippen molar-refractivity contribution in [1.29, 1.82) is 0 Å². The lowest BCUT2D eigenvalue weighted by molar-refractivity contribution is -0.157. The van der Waals surface area contributed by atoms with Gasteiger partial charge in [0, 0.05) is 0 Å². The van der Waals surface area contributed by atoms with Crippen LogP contribution in [0.1, 0.15) is 17.2 Å². The van der Waals surface area contributed by atoms with Crippen molar-refractivity contribution in [2.24, 2.45) is 5.84 Å². The number of hydrogen-bond donors (Lipinski definition) is 2. The predicted molar refractivity (Wildman–Crippen MR) is 47.3 cm³/mol. The first kappa shape index (κ1) is 11.9. The minimum Gasteiger partial charge on any atom is -0.271 e. The zero-order valence-electron chi connectivity index (χ0n) is 7.90. The molecule has 1 unspecified atom stereocenters. The summed E-state index contributed by atoms with van der Waals surface area (Å²) < 4.78 is 50.1. The molecule has 3 N–H and O–H groups in total. The lowest BCUT2D eigenvalue weighted by Crippen LogP contribution is -2.38. The number of nitrogens with one attached hydrogen (secondary N) is 1. The van der Waals surface area contributed by atoms with Gasteiger partial charge >= 0.3 is 6.18 Å². The zero-order chi connectivity index (χ0) is 11.6. The summed E-state index contributed by atoms with van der Waals surface area (Å²) in [7, 11) is 0. The van der Waals surface area contributed by atoms with E-state index in [4.69, 9.17) is 5.84 Å². The smallest absolute Gasteiger partial charge is 0.271 e. The third-order valence-corrected chi connectivity index (χ3v) is 1.89. The average Bonchev–Trinajstić information content (AvgIpc) is 1.99. The van der Waals surface area contributed by atoms with Gasteiger partial charge < -0.3 is 0 Å². The highest BCUT2D eigenvalue weighted by Gasteiger charge is 2.40. The summed E-state index contributed by atoms with van der Waals surface area (Å²) in [5.74, 6) is 4.09. The van der Waals surface area contributed by atoms with E-state index < -0.39 is 18.0 Å². The highest BCUT2D eigenvalue weighted by Crippen LogP contribution is 2.32. The molecule has 1 rings (SSSR count). The largest absolute Gasteiger partial charge is 0.409 e. The summed E-state index contributed by atoms with van der Waals surface area (Å²) in [6, 6.07) is 1.14. The fourth-order valence-electron chi connectivity index (χ4n) is 1.31. The number of alkyl halides is 3. The molecular weight excluding hydrogens is 212 g/mol. The second-order valence-electron chi connectivity index (χ2n) is 3.20. The standard InChI is InChI=1S/C9H10F4N2/c1-5-2-6(4-7(10)3-5)8(15-14)9(11,12)13/h2-4,8,15H,14H2,1H3. The molecule has 2 nitrogen and oxygen atoms in total. The van der Waals surface area contributed by atoms with Gasteiger partial charge in [-0.05, 0) is 30.2 Å². The first-order valence-corrected chi connectivity index (χ1v) is 4.14. The summed E-state index contributed by atoms with van der Waals surface area (Å²) in [4.78, 5) is 0. The maximum absolute atomic E-state index is 12.9. The van der Waals surface area contributed by atoms with E-state index in [1.54, 1.807) is 5.43 Å². The van der Waals surface area contributed by atoms with Gasteiger partial charge in [0.25, 0.3) is 0 Å². The van der Waals surface area contributed by atoms with Crippen molar-refractivity contribution >= 4 is 0 Å². The number of halogens is 4. The molecule has 0 aliphatic carbocycles. The maximum atomic E-state index is 12.9. The quantitative estimate of drug-likeness (QED) is 0.457. The van der Waals surface area contributed by atoms with E-state index in [0.29, 0.717) is 5.56 Å². The number of nitrogens with two attached hydrogens (primary N) is 1. The van der Waals surface area contributed by atoms with Crippen LogP contribution in [0, 0.1) is 12.7 Å². The van der Waals surface area contributed by atoms with Gasteiger partial charge in [-0.25, -0.2) is 9.82 Å². The van der Waals surface area contributed by atoms with Gasteiger partial charge in [0.15, 0.2) is 0 Å². The molecule has 1 aromatic rings. The van der Waals surface area contributed by atoms with Gasteiger partial charge in [0.1, 0.15) is 11.9 Å². The van der Waals surface area contributed by atoms with Crippen LogP contribution in [0.3, 0.4) is 0 Å². The predicted octanol–water partition coefficient (Wildman–Crippen LogP) is 2.20. The molecule has 1 aromatic carbocycles. The first-order valence-electron chi connectivity index (χ1n) is 4.14. The van der Waals surface area contributed by atoms with Crippen LogP contribution in [0.2, 0.25) is 0 Å². The van der Waals surface area contributed by atoms with Crippen LogP contribution in [0.15, 0.2) is 18.2 Å². The van der Waals surface area contributed by atoms with E-state index in [1.165, 1.54) is 13.0 Å². The summed E-state index contributed by atoms with van der Waals surface area (Å²) in [6.07, 6.45) is -4.55. The van der Waals surface area contributed by atoms with Crippen molar-refractivity contribution in [1.82, 2.24) is 5.43 Å². The Bertz CT molecular complexity index is 328. The van der Waals surface area contributed by atoms with Crippen molar-refractivity contribution in [3.05, 3.63) is 35.1 Å². The Balaban J connectivity index is 3.13. The number of hydrazine groups is 1. The lowest BCUT2D eigenvalue weighted by atomic mass is 10.0. The van der Waals surface area contributed by atoms with E-state index >= 15 is 0 Å². The lowest BCUT2D eigenvalue weighted by Gasteiger charge is -2.19. The highest BCUT2D eigenvalue weighted by molar-refractivity contribution is 5.27. The van der Waals surface area contributed by atoms with Crippen LogP contribution in [0.5, 0.6) is 0 Å². The molecule has 6 heteroatoms. The van der Waals surface area contributed by atoms with Crippen molar-refractivity contribution in [3.63, 3.8) is 0 Å². The molecule has 1 atom stereocenters. The van der Waals surface area contributed by atoms with Gasteiger partial charge in [-0.3, -0.25) is 5.84 Å². The summed E-state index contributed by atoms with van der Waals surface area (Å²) >= 11 is 0. The van der Waals surface area contributed by atoms with E-state index in [0.717, 1.165) is 12.1 Å². The van der Waals surface area contributed by atoms with E-state index in [-0.39, 0.29) is 5.56 Å². The molecule has 0 heterocycles. The molecule has 84 valence electrons. The molecule has 0 aliphatic heterocycles. The molecule has 0 fully saturated rings. The first-order chi connectivity index (χ1) is 6.84. The van der Waals surface area contributed by atoms with E-state index in [2.05, 4.69) is 0 Å². The Morgan fingerprint density at radius 2 is 1.87 bits per heavy atom. The molecule has 0 amide bonds. The molecule has 0 spiro atoms. The Labute approximate surface area is 84.0 Å². The Morgan fingerprint density at radius 3 is 2.27 bits per heavy atom. The third kappa shape index (κ3) is 2.90. The van der Waals surface area contributed by atoms with E-state index in [1.807, 2.05) is 0 Å². The highest BCUT2D eigenvalue weighted by atomic mass is 19.4. The van der Waals surface area contributed by atoms with Gasteiger partial charge in [0.2, 0.25) is 0 Å². The summed E-state index contributed by atoms with van der Waals surface area (Å²) in [6.45, 7) is 1.51. The second kappa shape index (κ2) is 4.16. The minimum atomic E-state index is -4.55. The van der Waals surface area contributed by atoms with Crippen molar-refractivity contribution in [2.45, 2.75) is 19.1 Å². The van der Waals surface area contributed by atoms with Gasteiger partial charge in [-0.2, -0.15) is 13.2 Å². The minimum absolute atomic E-state index is 0.234. The fraction of sp³-hybridized carbons (Fsp3) is 0.333. The van der Waals surface area contributed by atoms with E-state index in [9.17, 15) is 17.6 Å². The van der Waals surface area contributed by atoms with Crippen LogP contribution in [-0.2, 0) is 0 Å².